The summed E-state index contributed by atoms with van der Waals surface area (Å²) in [6, 6.07) is 13.2. The lowest BCUT2D eigenvalue weighted by Gasteiger charge is -2.09. The summed E-state index contributed by atoms with van der Waals surface area (Å²) in [5.74, 6) is 0.469. The van der Waals surface area contributed by atoms with Crippen molar-refractivity contribution >= 4 is 17.7 Å². The van der Waals surface area contributed by atoms with Crippen molar-refractivity contribution in [3.63, 3.8) is 0 Å². The first-order valence-electron chi connectivity index (χ1n) is 6.20. The molecule has 0 aliphatic heterocycles. The Morgan fingerprint density at radius 3 is 2.50 bits per heavy atom. The zero-order valence-corrected chi connectivity index (χ0v) is 12.2. The van der Waals surface area contributed by atoms with E-state index in [1.807, 2.05) is 6.92 Å². The molecule has 2 rings (SSSR count). The number of carboxylic acid groups (broad SMARTS) is 1. The van der Waals surface area contributed by atoms with E-state index in [1.54, 1.807) is 37.1 Å². The van der Waals surface area contributed by atoms with Crippen LogP contribution >= 0.6 is 11.8 Å². The van der Waals surface area contributed by atoms with Crippen LogP contribution in [0.4, 0.5) is 0 Å². The van der Waals surface area contributed by atoms with Gasteiger partial charge in [0.15, 0.2) is 0 Å². The van der Waals surface area contributed by atoms with Crippen LogP contribution in [0, 0.1) is 6.92 Å². The van der Waals surface area contributed by atoms with Gasteiger partial charge in [-0.3, -0.25) is 0 Å². The maximum atomic E-state index is 11.0. The summed E-state index contributed by atoms with van der Waals surface area (Å²) >= 11 is 1.66. The van der Waals surface area contributed by atoms with Crippen LogP contribution in [0.5, 0.6) is 5.75 Å². The lowest BCUT2D eigenvalue weighted by Crippen LogP contribution is -1.99. The molecule has 0 radical (unpaired) electrons. The largest absolute Gasteiger partial charge is 0.496 e. The lowest BCUT2D eigenvalue weighted by molar-refractivity contribution is 0.0696. The smallest absolute Gasteiger partial charge is 0.335 e. The van der Waals surface area contributed by atoms with Crippen molar-refractivity contribution in [1.82, 2.24) is 0 Å². The minimum Gasteiger partial charge on any atom is -0.496 e. The van der Waals surface area contributed by atoms with Crippen molar-refractivity contribution in [2.24, 2.45) is 0 Å². The summed E-state index contributed by atoms with van der Waals surface area (Å²) in [5, 5.41) is 9.04. The van der Waals surface area contributed by atoms with Gasteiger partial charge in [0.05, 0.1) is 12.7 Å². The Balaban J connectivity index is 2.16. The maximum absolute atomic E-state index is 11.0. The highest BCUT2D eigenvalue weighted by Crippen LogP contribution is 2.29. The Labute approximate surface area is 122 Å². The molecule has 2 aromatic rings. The third-order valence-corrected chi connectivity index (χ3v) is 4.00. The maximum Gasteiger partial charge on any atom is 0.335 e. The van der Waals surface area contributed by atoms with Crippen molar-refractivity contribution < 1.29 is 14.6 Å². The fourth-order valence-corrected chi connectivity index (χ4v) is 2.70. The number of ether oxygens (including phenoxy) is 1. The first kappa shape index (κ1) is 14.5. The molecule has 1 N–H and O–H groups in total. The molecule has 0 saturated heterocycles. The summed E-state index contributed by atoms with van der Waals surface area (Å²) < 4.78 is 5.28. The molecule has 3 nitrogen and oxygen atoms in total. The van der Waals surface area contributed by atoms with E-state index < -0.39 is 5.97 Å². The molecule has 0 aromatic heterocycles. The van der Waals surface area contributed by atoms with Crippen LogP contribution in [0.3, 0.4) is 0 Å². The average Bonchev–Trinajstić information content (AvgIpc) is 2.46. The summed E-state index contributed by atoms with van der Waals surface area (Å²) in [7, 11) is 1.59. The minimum absolute atomic E-state index is 0.283. The number of thioether (sulfide) groups is 1. The van der Waals surface area contributed by atoms with E-state index in [2.05, 4.69) is 24.3 Å². The first-order chi connectivity index (χ1) is 9.60. The molecule has 4 heteroatoms. The summed E-state index contributed by atoms with van der Waals surface area (Å²) in [5.41, 5.74) is 2.39. The SMILES string of the molecule is COc1ccc(C(=O)O)cc1CSc1ccc(C)cc1. The highest BCUT2D eigenvalue weighted by atomic mass is 32.2. The molecular formula is C16H16O3S. The molecule has 0 unspecified atom stereocenters. The normalized spacial score (nSPS) is 10.3. The Kier molecular flexibility index (Phi) is 4.69. The molecule has 0 bridgehead atoms. The van der Waals surface area contributed by atoms with Gasteiger partial charge in [-0.05, 0) is 37.3 Å². The van der Waals surface area contributed by atoms with Crippen LogP contribution in [0.15, 0.2) is 47.4 Å². The fraction of sp³-hybridized carbons (Fsp3) is 0.188. The van der Waals surface area contributed by atoms with Gasteiger partial charge in [0, 0.05) is 16.2 Å². The van der Waals surface area contributed by atoms with Gasteiger partial charge in [0.25, 0.3) is 0 Å². The lowest BCUT2D eigenvalue weighted by atomic mass is 10.1. The second-order valence-electron chi connectivity index (χ2n) is 4.43. The van der Waals surface area contributed by atoms with Gasteiger partial charge in [-0.15, -0.1) is 11.8 Å². The van der Waals surface area contributed by atoms with Gasteiger partial charge in [0.2, 0.25) is 0 Å². The van der Waals surface area contributed by atoms with Crippen molar-refractivity contribution in [3.05, 3.63) is 59.2 Å². The number of benzene rings is 2. The molecule has 0 fully saturated rings. The molecule has 104 valence electrons. The molecule has 0 amide bonds. The van der Waals surface area contributed by atoms with Crippen molar-refractivity contribution in [1.29, 1.82) is 0 Å². The van der Waals surface area contributed by atoms with Crippen LogP contribution in [-0.2, 0) is 5.75 Å². The van der Waals surface area contributed by atoms with E-state index in [9.17, 15) is 4.79 Å². The monoisotopic (exact) mass is 288 g/mol. The van der Waals surface area contributed by atoms with Crippen molar-refractivity contribution in [3.8, 4) is 5.75 Å². The number of carboxylic acids is 1. The Morgan fingerprint density at radius 1 is 1.20 bits per heavy atom. The zero-order chi connectivity index (χ0) is 14.5. The summed E-state index contributed by atoms with van der Waals surface area (Å²) in [6.07, 6.45) is 0. The predicted octanol–water partition coefficient (Wildman–Crippen LogP) is 3.99. The van der Waals surface area contributed by atoms with Crippen LogP contribution in [0.2, 0.25) is 0 Å². The Morgan fingerprint density at radius 2 is 1.90 bits per heavy atom. The zero-order valence-electron chi connectivity index (χ0n) is 11.4. The van der Waals surface area contributed by atoms with E-state index in [0.717, 1.165) is 16.2 Å². The molecule has 0 heterocycles. The van der Waals surface area contributed by atoms with Gasteiger partial charge >= 0.3 is 5.97 Å². The molecule has 0 saturated carbocycles. The van der Waals surface area contributed by atoms with Gasteiger partial charge in [0.1, 0.15) is 5.75 Å². The van der Waals surface area contributed by atoms with E-state index >= 15 is 0 Å². The molecule has 0 atom stereocenters. The number of methoxy groups -OCH3 is 1. The van der Waals surface area contributed by atoms with Crippen molar-refractivity contribution in [2.75, 3.05) is 7.11 Å². The Bertz CT molecular complexity index is 606. The second-order valence-corrected chi connectivity index (χ2v) is 5.48. The van der Waals surface area contributed by atoms with E-state index in [0.29, 0.717) is 5.75 Å². The number of aryl methyl sites for hydroxylation is 1. The van der Waals surface area contributed by atoms with E-state index in [4.69, 9.17) is 9.84 Å². The van der Waals surface area contributed by atoms with Gasteiger partial charge < -0.3 is 9.84 Å². The van der Waals surface area contributed by atoms with E-state index in [-0.39, 0.29) is 5.56 Å². The van der Waals surface area contributed by atoms with Crippen molar-refractivity contribution in [2.45, 2.75) is 17.6 Å². The number of aromatic carboxylic acids is 1. The third-order valence-electron chi connectivity index (χ3n) is 2.94. The van der Waals surface area contributed by atoms with Crippen LogP contribution in [0.1, 0.15) is 21.5 Å². The molecule has 0 aliphatic rings. The number of hydrogen-bond donors (Lipinski definition) is 1. The molecule has 20 heavy (non-hydrogen) atoms. The van der Waals surface area contributed by atoms with Crippen LogP contribution < -0.4 is 4.74 Å². The first-order valence-corrected chi connectivity index (χ1v) is 7.18. The molecule has 2 aromatic carbocycles. The third kappa shape index (κ3) is 3.54. The number of hydrogen-bond acceptors (Lipinski definition) is 3. The minimum atomic E-state index is -0.922. The van der Waals surface area contributed by atoms with Gasteiger partial charge in [-0.2, -0.15) is 0 Å². The predicted molar refractivity (Wildman–Crippen MR) is 80.7 cm³/mol. The van der Waals surface area contributed by atoms with Crippen LogP contribution in [0.25, 0.3) is 0 Å². The molecule has 0 aliphatic carbocycles. The van der Waals surface area contributed by atoms with E-state index in [1.165, 1.54) is 5.56 Å². The number of rotatable bonds is 5. The van der Waals surface area contributed by atoms with Gasteiger partial charge in [-0.1, -0.05) is 17.7 Å². The topological polar surface area (TPSA) is 46.5 Å². The highest BCUT2D eigenvalue weighted by molar-refractivity contribution is 7.98. The summed E-state index contributed by atoms with van der Waals surface area (Å²) in [4.78, 5) is 12.2. The fourth-order valence-electron chi connectivity index (χ4n) is 1.82. The molecule has 0 spiro atoms. The quantitative estimate of drug-likeness (QED) is 0.845. The second kappa shape index (κ2) is 6.48. The van der Waals surface area contributed by atoms with Crippen LogP contribution in [-0.4, -0.2) is 18.2 Å². The van der Waals surface area contributed by atoms with Gasteiger partial charge in [-0.25, -0.2) is 4.79 Å². The average molecular weight is 288 g/mol. The number of carbonyl (C=O) groups is 1. The Hall–Kier alpha value is -1.94. The summed E-state index contributed by atoms with van der Waals surface area (Å²) in [6.45, 7) is 2.05. The standard InChI is InChI=1S/C16H16O3S/c1-11-3-6-14(7-4-11)20-10-13-9-12(16(17)18)5-8-15(13)19-2/h3-9H,10H2,1-2H3,(H,17,18). The highest BCUT2D eigenvalue weighted by Gasteiger charge is 2.09. The molecular weight excluding hydrogens is 272 g/mol.